The van der Waals surface area contributed by atoms with E-state index in [0.29, 0.717) is 23.7 Å². The van der Waals surface area contributed by atoms with E-state index in [4.69, 9.17) is 27.9 Å². The van der Waals surface area contributed by atoms with Crippen LogP contribution in [0.3, 0.4) is 0 Å². The van der Waals surface area contributed by atoms with E-state index < -0.39 is 0 Å². The molecule has 0 atom stereocenters. The second-order valence-corrected chi connectivity index (χ2v) is 5.51. The molecule has 0 aliphatic carbocycles. The number of amides is 1. The zero-order chi connectivity index (χ0) is 15.8. The summed E-state index contributed by atoms with van der Waals surface area (Å²) in [4.78, 5) is 12.0. The maximum Gasteiger partial charge on any atom is 0.252 e. The summed E-state index contributed by atoms with van der Waals surface area (Å²) in [5.41, 5.74) is 0.398. The van der Waals surface area contributed by atoms with Gasteiger partial charge in [-0.15, -0.1) is 0 Å². The standard InChI is InChI=1S/C17H17Cl2NO2/c18-15-10-6-9-14(16(15)19)17(21)20-11-4-5-12-22-13-7-2-1-3-8-13/h1-3,6-10H,4-5,11-12H2,(H,20,21). The highest BCUT2D eigenvalue weighted by Gasteiger charge is 2.11. The molecule has 0 aliphatic heterocycles. The van der Waals surface area contributed by atoms with Gasteiger partial charge in [0.2, 0.25) is 0 Å². The smallest absolute Gasteiger partial charge is 0.252 e. The molecule has 5 heteroatoms. The van der Waals surface area contributed by atoms with Crippen LogP contribution in [-0.2, 0) is 0 Å². The molecule has 0 spiro atoms. The number of carbonyl (C=O) groups is 1. The van der Waals surface area contributed by atoms with Crippen LogP contribution in [0.4, 0.5) is 0 Å². The number of ether oxygens (including phenoxy) is 1. The molecule has 0 saturated carbocycles. The molecule has 0 heterocycles. The number of hydrogen-bond acceptors (Lipinski definition) is 2. The van der Waals surface area contributed by atoms with Crippen molar-refractivity contribution in [2.24, 2.45) is 0 Å². The minimum absolute atomic E-state index is 0.212. The van der Waals surface area contributed by atoms with E-state index in [9.17, 15) is 4.79 Å². The fourth-order valence-electron chi connectivity index (χ4n) is 1.91. The highest BCUT2D eigenvalue weighted by Crippen LogP contribution is 2.25. The van der Waals surface area contributed by atoms with Crippen molar-refractivity contribution in [3.05, 3.63) is 64.1 Å². The first-order valence-corrected chi connectivity index (χ1v) is 7.84. The zero-order valence-electron chi connectivity index (χ0n) is 12.0. The van der Waals surface area contributed by atoms with Crippen molar-refractivity contribution in [3.8, 4) is 5.75 Å². The predicted octanol–water partition coefficient (Wildman–Crippen LogP) is 4.58. The van der Waals surface area contributed by atoms with Gasteiger partial charge in [0.25, 0.3) is 5.91 Å². The van der Waals surface area contributed by atoms with Crippen LogP contribution in [0.15, 0.2) is 48.5 Å². The molecule has 1 N–H and O–H groups in total. The van der Waals surface area contributed by atoms with Gasteiger partial charge in [-0.25, -0.2) is 0 Å². The van der Waals surface area contributed by atoms with Crippen molar-refractivity contribution >= 4 is 29.1 Å². The van der Waals surface area contributed by atoms with Gasteiger partial charge in [0.1, 0.15) is 5.75 Å². The van der Waals surface area contributed by atoms with Gasteiger partial charge < -0.3 is 10.1 Å². The van der Waals surface area contributed by atoms with Crippen LogP contribution in [-0.4, -0.2) is 19.1 Å². The molecule has 2 rings (SSSR count). The van der Waals surface area contributed by atoms with Crippen LogP contribution in [0.25, 0.3) is 0 Å². The minimum Gasteiger partial charge on any atom is -0.494 e. The number of benzene rings is 2. The van der Waals surface area contributed by atoms with Crippen LogP contribution in [0.5, 0.6) is 5.75 Å². The minimum atomic E-state index is -0.212. The Balaban J connectivity index is 1.66. The topological polar surface area (TPSA) is 38.3 Å². The summed E-state index contributed by atoms with van der Waals surface area (Å²) in [6.07, 6.45) is 1.69. The predicted molar refractivity (Wildman–Crippen MR) is 90.0 cm³/mol. The molecule has 22 heavy (non-hydrogen) atoms. The third-order valence-electron chi connectivity index (χ3n) is 3.06. The summed E-state index contributed by atoms with van der Waals surface area (Å²) in [6, 6.07) is 14.7. The maximum absolute atomic E-state index is 12.0. The first kappa shape index (κ1) is 16.7. The van der Waals surface area contributed by atoms with Gasteiger partial charge in [0.15, 0.2) is 0 Å². The highest BCUT2D eigenvalue weighted by molar-refractivity contribution is 6.43. The fraction of sp³-hybridized carbons (Fsp3) is 0.235. The summed E-state index contributed by atoms with van der Waals surface area (Å²) in [5, 5.41) is 3.49. The third kappa shape index (κ3) is 4.93. The lowest BCUT2D eigenvalue weighted by Crippen LogP contribution is -2.25. The molecule has 3 nitrogen and oxygen atoms in total. The molecule has 0 unspecified atom stereocenters. The van der Waals surface area contributed by atoms with E-state index >= 15 is 0 Å². The third-order valence-corrected chi connectivity index (χ3v) is 3.88. The van der Waals surface area contributed by atoms with Crippen molar-refractivity contribution < 1.29 is 9.53 Å². The summed E-state index contributed by atoms with van der Waals surface area (Å²) in [5.74, 6) is 0.647. The van der Waals surface area contributed by atoms with Crippen LogP contribution >= 0.6 is 23.2 Å². The second kappa shape index (κ2) is 8.66. The number of halogens is 2. The molecule has 0 bridgehead atoms. The zero-order valence-corrected chi connectivity index (χ0v) is 13.5. The molecule has 0 aliphatic rings. The van der Waals surface area contributed by atoms with Gasteiger partial charge >= 0.3 is 0 Å². The Bertz CT molecular complexity index is 617. The molecule has 116 valence electrons. The quantitative estimate of drug-likeness (QED) is 0.751. The van der Waals surface area contributed by atoms with E-state index in [0.717, 1.165) is 18.6 Å². The Morgan fingerprint density at radius 3 is 2.55 bits per heavy atom. The van der Waals surface area contributed by atoms with E-state index in [1.54, 1.807) is 18.2 Å². The van der Waals surface area contributed by atoms with E-state index in [1.807, 2.05) is 30.3 Å². The molecule has 0 radical (unpaired) electrons. The van der Waals surface area contributed by atoms with E-state index in [2.05, 4.69) is 5.32 Å². The van der Waals surface area contributed by atoms with E-state index in [1.165, 1.54) is 0 Å². The van der Waals surface area contributed by atoms with Gasteiger partial charge in [0, 0.05) is 6.54 Å². The summed E-state index contributed by atoms with van der Waals surface area (Å²) >= 11 is 11.9. The average molecular weight is 338 g/mol. The normalized spacial score (nSPS) is 10.3. The van der Waals surface area contributed by atoms with Crippen molar-refractivity contribution in [3.63, 3.8) is 0 Å². The Kier molecular flexibility index (Phi) is 6.56. The van der Waals surface area contributed by atoms with Gasteiger partial charge in [-0.2, -0.15) is 0 Å². The highest BCUT2D eigenvalue weighted by atomic mass is 35.5. The molecule has 0 saturated heterocycles. The summed E-state index contributed by atoms with van der Waals surface area (Å²) < 4.78 is 5.58. The Labute approximate surface area is 140 Å². The average Bonchev–Trinajstić information content (AvgIpc) is 2.54. The van der Waals surface area contributed by atoms with Crippen molar-refractivity contribution in [1.29, 1.82) is 0 Å². The Hall–Kier alpha value is -1.71. The lowest BCUT2D eigenvalue weighted by molar-refractivity contribution is 0.0952. The molecule has 2 aromatic carbocycles. The number of hydrogen-bond donors (Lipinski definition) is 1. The van der Waals surface area contributed by atoms with Crippen LogP contribution < -0.4 is 10.1 Å². The Morgan fingerprint density at radius 1 is 1.00 bits per heavy atom. The number of nitrogens with one attached hydrogen (secondary N) is 1. The van der Waals surface area contributed by atoms with Crippen molar-refractivity contribution in [1.82, 2.24) is 5.32 Å². The first-order chi connectivity index (χ1) is 10.7. The summed E-state index contributed by atoms with van der Waals surface area (Å²) in [7, 11) is 0. The number of unbranched alkanes of at least 4 members (excludes halogenated alkanes) is 1. The molecular weight excluding hydrogens is 321 g/mol. The second-order valence-electron chi connectivity index (χ2n) is 4.73. The van der Waals surface area contributed by atoms with Crippen LogP contribution in [0.1, 0.15) is 23.2 Å². The number of para-hydroxylation sites is 1. The largest absolute Gasteiger partial charge is 0.494 e. The van der Waals surface area contributed by atoms with Crippen LogP contribution in [0, 0.1) is 0 Å². The van der Waals surface area contributed by atoms with Crippen molar-refractivity contribution in [2.45, 2.75) is 12.8 Å². The molecule has 2 aromatic rings. The van der Waals surface area contributed by atoms with Gasteiger partial charge in [-0.3, -0.25) is 4.79 Å². The molecule has 0 aromatic heterocycles. The fourth-order valence-corrected chi connectivity index (χ4v) is 2.30. The van der Waals surface area contributed by atoms with E-state index in [-0.39, 0.29) is 10.9 Å². The lowest BCUT2D eigenvalue weighted by atomic mass is 10.2. The van der Waals surface area contributed by atoms with Gasteiger partial charge in [-0.1, -0.05) is 47.5 Å². The number of carbonyl (C=O) groups excluding carboxylic acids is 1. The number of rotatable bonds is 7. The summed E-state index contributed by atoms with van der Waals surface area (Å²) in [6.45, 7) is 1.19. The first-order valence-electron chi connectivity index (χ1n) is 7.08. The molecule has 1 amide bonds. The SMILES string of the molecule is O=C(NCCCCOc1ccccc1)c1cccc(Cl)c1Cl. The maximum atomic E-state index is 12.0. The van der Waals surface area contributed by atoms with Crippen LogP contribution in [0.2, 0.25) is 10.0 Å². The Morgan fingerprint density at radius 2 is 1.77 bits per heavy atom. The lowest BCUT2D eigenvalue weighted by Gasteiger charge is -2.08. The van der Waals surface area contributed by atoms with Gasteiger partial charge in [-0.05, 0) is 37.1 Å². The van der Waals surface area contributed by atoms with Crippen molar-refractivity contribution in [2.75, 3.05) is 13.2 Å². The molecule has 0 fully saturated rings. The molecular formula is C17H17Cl2NO2. The monoisotopic (exact) mass is 337 g/mol. The van der Waals surface area contributed by atoms with Gasteiger partial charge in [0.05, 0.1) is 22.2 Å².